The van der Waals surface area contributed by atoms with Crippen LogP contribution in [0.25, 0.3) is 21.1 Å². The van der Waals surface area contributed by atoms with Gasteiger partial charge in [-0.3, -0.25) is 4.98 Å². The number of thiophene rings is 2. The maximum absolute atomic E-state index is 11.0. The molecule has 0 bridgehead atoms. The average Bonchev–Trinajstić information content (AvgIpc) is 3.11. The van der Waals surface area contributed by atoms with E-state index in [1.165, 1.54) is 17.5 Å². The molecule has 0 saturated carbocycles. The zero-order chi connectivity index (χ0) is 13.2. The van der Waals surface area contributed by atoms with Gasteiger partial charge in [-0.15, -0.1) is 22.7 Å². The van der Waals surface area contributed by atoms with E-state index in [-0.39, 0.29) is 5.69 Å². The molecule has 0 fully saturated rings. The van der Waals surface area contributed by atoms with Crippen molar-refractivity contribution in [2.45, 2.75) is 0 Å². The van der Waals surface area contributed by atoms with E-state index in [4.69, 9.17) is 5.11 Å². The highest BCUT2D eigenvalue weighted by Crippen LogP contribution is 2.33. The SMILES string of the molecule is O=C(O)c1cnc(-c2cccs2)c(-c2cccs2)n1. The number of carbonyl (C=O) groups is 1. The molecule has 0 aliphatic carbocycles. The van der Waals surface area contributed by atoms with Gasteiger partial charge in [0.25, 0.3) is 0 Å². The van der Waals surface area contributed by atoms with E-state index < -0.39 is 5.97 Å². The maximum atomic E-state index is 11.0. The standard InChI is InChI=1S/C13H8N2O2S2/c16-13(17)8-7-14-11(9-3-1-5-18-9)12(15-8)10-4-2-6-19-10/h1-7H,(H,16,17). The molecule has 0 atom stereocenters. The van der Waals surface area contributed by atoms with E-state index >= 15 is 0 Å². The van der Waals surface area contributed by atoms with E-state index in [2.05, 4.69) is 9.97 Å². The van der Waals surface area contributed by atoms with Crippen LogP contribution in [0.1, 0.15) is 10.5 Å². The highest BCUT2D eigenvalue weighted by Gasteiger charge is 2.16. The van der Waals surface area contributed by atoms with Crippen LogP contribution in [-0.4, -0.2) is 21.0 Å². The number of rotatable bonds is 3. The summed E-state index contributed by atoms with van der Waals surface area (Å²) in [7, 11) is 0. The summed E-state index contributed by atoms with van der Waals surface area (Å²) in [6.45, 7) is 0. The third kappa shape index (κ3) is 2.27. The van der Waals surface area contributed by atoms with Gasteiger partial charge in [-0.05, 0) is 22.9 Å². The molecule has 0 aliphatic heterocycles. The molecule has 0 radical (unpaired) electrons. The monoisotopic (exact) mass is 288 g/mol. The molecule has 6 heteroatoms. The summed E-state index contributed by atoms with van der Waals surface area (Å²) >= 11 is 3.07. The minimum Gasteiger partial charge on any atom is -0.476 e. The van der Waals surface area contributed by atoms with Gasteiger partial charge in [0.15, 0.2) is 5.69 Å². The zero-order valence-electron chi connectivity index (χ0n) is 9.61. The van der Waals surface area contributed by atoms with Gasteiger partial charge in [0.05, 0.1) is 16.0 Å². The Hall–Kier alpha value is -2.05. The van der Waals surface area contributed by atoms with Gasteiger partial charge < -0.3 is 5.11 Å². The predicted molar refractivity (Wildman–Crippen MR) is 75.6 cm³/mol. The first-order valence-electron chi connectivity index (χ1n) is 5.44. The fraction of sp³-hybridized carbons (Fsp3) is 0. The van der Waals surface area contributed by atoms with Crippen LogP contribution >= 0.6 is 22.7 Å². The minimum atomic E-state index is -1.07. The van der Waals surface area contributed by atoms with E-state index in [0.717, 1.165) is 15.4 Å². The normalized spacial score (nSPS) is 10.5. The lowest BCUT2D eigenvalue weighted by atomic mass is 10.2. The van der Waals surface area contributed by atoms with Gasteiger partial charge in [-0.1, -0.05) is 12.1 Å². The van der Waals surface area contributed by atoms with Gasteiger partial charge in [0, 0.05) is 0 Å². The molecule has 19 heavy (non-hydrogen) atoms. The lowest BCUT2D eigenvalue weighted by Gasteiger charge is -2.05. The fourth-order valence-corrected chi connectivity index (χ4v) is 3.11. The molecule has 3 heterocycles. The molecular weight excluding hydrogens is 280 g/mol. The first-order valence-corrected chi connectivity index (χ1v) is 7.20. The van der Waals surface area contributed by atoms with Crippen LogP contribution < -0.4 is 0 Å². The van der Waals surface area contributed by atoms with Crippen LogP contribution in [0.4, 0.5) is 0 Å². The van der Waals surface area contributed by atoms with Crippen molar-refractivity contribution >= 4 is 28.6 Å². The highest BCUT2D eigenvalue weighted by molar-refractivity contribution is 7.14. The molecule has 0 amide bonds. The molecule has 94 valence electrons. The highest BCUT2D eigenvalue weighted by atomic mass is 32.1. The van der Waals surface area contributed by atoms with Crippen LogP contribution in [0.2, 0.25) is 0 Å². The second-order valence-electron chi connectivity index (χ2n) is 3.71. The summed E-state index contributed by atoms with van der Waals surface area (Å²) < 4.78 is 0. The van der Waals surface area contributed by atoms with Crippen molar-refractivity contribution in [1.82, 2.24) is 9.97 Å². The number of hydrogen-bond donors (Lipinski definition) is 1. The lowest BCUT2D eigenvalue weighted by Crippen LogP contribution is -2.03. The molecule has 0 aromatic carbocycles. The molecule has 0 saturated heterocycles. The number of nitrogens with zero attached hydrogens (tertiary/aromatic N) is 2. The lowest BCUT2D eigenvalue weighted by molar-refractivity contribution is 0.0690. The van der Waals surface area contributed by atoms with Gasteiger partial charge in [-0.25, -0.2) is 9.78 Å². The summed E-state index contributed by atoms with van der Waals surface area (Å²) in [5.41, 5.74) is 1.31. The van der Waals surface area contributed by atoms with Crippen LogP contribution in [0.5, 0.6) is 0 Å². The fourth-order valence-electron chi connectivity index (χ4n) is 1.67. The predicted octanol–water partition coefficient (Wildman–Crippen LogP) is 3.63. The topological polar surface area (TPSA) is 63.1 Å². The summed E-state index contributed by atoms with van der Waals surface area (Å²) in [5, 5.41) is 12.9. The molecular formula is C13H8N2O2S2. The van der Waals surface area contributed by atoms with Crippen molar-refractivity contribution in [3.63, 3.8) is 0 Å². The molecule has 0 unspecified atom stereocenters. The minimum absolute atomic E-state index is 0.0382. The summed E-state index contributed by atoms with van der Waals surface area (Å²) in [6.07, 6.45) is 1.30. The van der Waals surface area contributed by atoms with Crippen LogP contribution in [0.3, 0.4) is 0 Å². The molecule has 1 N–H and O–H groups in total. The first-order chi connectivity index (χ1) is 9.25. The Morgan fingerprint density at radius 3 is 2.21 bits per heavy atom. The molecule has 3 aromatic heterocycles. The molecule has 0 aliphatic rings. The zero-order valence-corrected chi connectivity index (χ0v) is 11.2. The van der Waals surface area contributed by atoms with Crippen molar-refractivity contribution in [2.75, 3.05) is 0 Å². The van der Waals surface area contributed by atoms with E-state index in [0.29, 0.717) is 5.69 Å². The second kappa shape index (κ2) is 4.91. The number of hydrogen-bond acceptors (Lipinski definition) is 5. The Bertz CT molecular complexity index is 706. The number of carboxylic acid groups (broad SMARTS) is 1. The van der Waals surface area contributed by atoms with Crippen LogP contribution in [0, 0.1) is 0 Å². The molecule has 4 nitrogen and oxygen atoms in total. The van der Waals surface area contributed by atoms with Crippen molar-refractivity contribution in [3.8, 4) is 21.1 Å². The van der Waals surface area contributed by atoms with Crippen molar-refractivity contribution in [1.29, 1.82) is 0 Å². The second-order valence-corrected chi connectivity index (χ2v) is 5.61. The summed E-state index contributed by atoms with van der Waals surface area (Å²) in [6, 6.07) is 7.71. The van der Waals surface area contributed by atoms with Gasteiger partial charge in [0.2, 0.25) is 0 Å². The Kier molecular flexibility index (Phi) is 3.10. The molecule has 3 rings (SSSR count). The maximum Gasteiger partial charge on any atom is 0.356 e. The average molecular weight is 288 g/mol. The number of aromatic nitrogens is 2. The quantitative estimate of drug-likeness (QED) is 0.799. The largest absolute Gasteiger partial charge is 0.476 e. The van der Waals surface area contributed by atoms with E-state index in [9.17, 15) is 4.79 Å². The Labute approximate surface area is 117 Å². The molecule has 3 aromatic rings. The first kappa shape index (κ1) is 12.0. The summed E-state index contributed by atoms with van der Waals surface area (Å²) in [5.74, 6) is -1.07. The van der Waals surface area contributed by atoms with Gasteiger partial charge in [0.1, 0.15) is 11.4 Å². The van der Waals surface area contributed by atoms with Gasteiger partial charge in [-0.2, -0.15) is 0 Å². The van der Waals surface area contributed by atoms with E-state index in [1.807, 2.05) is 35.0 Å². The Morgan fingerprint density at radius 2 is 1.68 bits per heavy atom. The Balaban J connectivity index is 2.22. The number of carboxylic acids is 1. The van der Waals surface area contributed by atoms with E-state index in [1.54, 1.807) is 11.3 Å². The third-order valence-electron chi connectivity index (χ3n) is 2.50. The summed E-state index contributed by atoms with van der Waals surface area (Å²) in [4.78, 5) is 21.4. The van der Waals surface area contributed by atoms with Crippen LogP contribution in [0.15, 0.2) is 41.2 Å². The van der Waals surface area contributed by atoms with Crippen molar-refractivity contribution < 1.29 is 9.90 Å². The smallest absolute Gasteiger partial charge is 0.356 e. The number of aromatic carboxylic acids is 1. The Morgan fingerprint density at radius 1 is 1.05 bits per heavy atom. The van der Waals surface area contributed by atoms with Crippen LogP contribution in [-0.2, 0) is 0 Å². The van der Waals surface area contributed by atoms with Gasteiger partial charge >= 0.3 is 5.97 Å². The van der Waals surface area contributed by atoms with Crippen molar-refractivity contribution in [3.05, 3.63) is 46.9 Å². The third-order valence-corrected chi connectivity index (χ3v) is 4.25. The van der Waals surface area contributed by atoms with Crippen molar-refractivity contribution in [2.24, 2.45) is 0 Å². The molecule has 0 spiro atoms.